The van der Waals surface area contributed by atoms with Crippen LogP contribution in [0.4, 0.5) is 0 Å². The van der Waals surface area contributed by atoms with Crippen molar-refractivity contribution in [1.29, 1.82) is 0 Å². The van der Waals surface area contributed by atoms with Crippen LogP contribution in [-0.2, 0) is 17.6 Å². The Morgan fingerprint density at radius 2 is 1.89 bits per heavy atom. The second-order valence-corrected chi connectivity index (χ2v) is 7.56. The number of thiophene rings is 1. The fraction of sp³-hybridized carbons (Fsp3) is 0.688. The van der Waals surface area contributed by atoms with Crippen molar-refractivity contribution in [3.8, 4) is 0 Å². The molecule has 0 saturated heterocycles. The average Bonchev–Trinajstić information content (AvgIpc) is 2.76. The summed E-state index contributed by atoms with van der Waals surface area (Å²) < 4.78 is 0. The summed E-state index contributed by atoms with van der Waals surface area (Å²) in [7, 11) is 0. The van der Waals surface area contributed by atoms with E-state index in [9.17, 15) is 4.79 Å². The second-order valence-electron chi connectivity index (χ2n) is 6.30. The van der Waals surface area contributed by atoms with Gasteiger partial charge >= 0.3 is 0 Å². The van der Waals surface area contributed by atoms with Crippen LogP contribution in [0, 0.1) is 11.3 Å². The molecule has 1 aromatic heterocycles. The van der Waals surface area contributed by atoms with E-state index in [1.54, 1.807) is 11.3 Å². The number of hydrogen-bond donors (Lipinski definition) is 0. The normalized spacial score (nSPS) is 19.9. The second kappa shape index (κ2) is 5.56. The van der Waals surface area contributed by atoms with Crippen molar-refractivity contribution < 1.29 is 4.79 Å². The summed E-state index contributed by atoms with van der Waals surface area (Å²) in [5.41, 5.74) is 0.453. The van der Waals surface area contributed by atoms with Gasteiger partial charge in [-0.25, -0.2) is 0 Å². The topological polar surface area (TPSA) is 17.1 Å². The zero-order chi connectivity index (χ0) is 13.2. The summed E-state index contributed by atoms with van der Waals surface area (Å²) in [6.45, 7) is 6.81. The van der Waals surface area contributed by atoms with E-state index >= 15 is 0 Å². The van der Waals surface area contributed by atoms with E-state index in [-0.39, 0.29) is 0 Å². The Morgan fingerprint density at radius 1 is 1.28 bits per heavy atom. The largest absolute Gasteiger partial charge is 0.299 e. The highest BCUT2D eigenvalue weighted by Gasteiger charge is 2.30. The third kappa shape index (κ3) is 3.44. The molecule has 100 valence electrons. The number of hydrogen-bond acceptors (Lipinski definition) is 2. The van der Waals surface area contributed by atoms with Gasteiger partial charge in [0.05, 0.1) is 0 Å². The standard InChI is InChI=1S/C16H24OS/c1-4-13-5-6-14(18-13)11-15(17)12-7-9-16(2,3)10-8-12/h5-6,12H,4,7-11H2,1-3H3. The highest BCUT2D eigenvalue weighted by molar-refractivity contribution is 7.12. The summed E-state index contributed by atoms with van der Waals surface area (Å²) in [6.07, 6.45) is 6.34. The highest BCUT2D eigenvalue weighted by Crippen LogP contribution is 2.38. The first-order valence-corrected chi connectivity index (χ1v) is 7.92. The average molecular weight is 264 g/mol. The highest BCUT2D eigenvalue weighted by atomic mass is 32.1. The van der Waals surface area contributed by atoms with Gasteiger partial charge < -0.3 is 0 Å². The van der Waals surface area contributed by atoms with E-state index in [2.05, 4.69) is 32.9 Å². The predicted molar refractivity (Wildman–Crippen MR) is 78.1 cm³/mol. The van der Waals surface area contributed by atoms with Crippen molar-refractivity contribution in [3.63, 3.8) is 0 Å². The van der Waals surface area contributed by atoms with Crippen LogP contribution in [0.1, 0.15) is 56.2 Å². The van der Waals surface area contributed by atoms with Gasteiger partial charge in [-0.15, -0.1) is 11.3 Å². The Bertz CT molecular complexity index is 406. The number of carbonyl (C=O) groups excluding carboxylic acids is 1. The smallest absolute Gasteiger partial charge is 0.141 e. The molecule has 2 heteroatoms. The van der Waals surface area contributed by atoms with Gasteiger partial charge in [0.2, 0.25) is 0 Å². The van der Waals surface area contributed by atoms with Crippen LogP contribution in [-0.4, -0.2) is 5.78 Å². The fourth-order valence-corrected chi connectivity index (χ4v) is 3.71. The Balaban J connectivity index is 1.89. The monoisotopic (exact) mass is 264 g/mol. The van der Waals surface area contributed by atoms with Crippen LogP contribution in [0.25, 0.3) is 0 Å². The summed E-state index contributed by atoms with van der Waals surface area (Å²) in [5, 5.41) is 0. The van der Waals surface area contributed by atoms with Crippen LogP contribution in [0.15, 0.2) is 12.1 Å². The van der Waals surface area contributed by atoms with Crippen LogP contribution in [0.5, 0.6) is 0 Å². The molecule has 0 amide bonds. The maximum absolute atomic E-state index is 12.3. The minimum Gasteiger partial charge on any atom is -0.299 e. The number of rotatable bonds is 4. The summed E-state index contributed by atoms with van der Waals surface area (Å²) in [5.74, 6) is 0.792. The van der Waals surface area contributed by atoms with Crippen molar-refractivity contribution in [3.05, 3.63) is 21.9 Å². The van der Waals surface area contributed by atoms with Crippen LogP contribution in [0.3, 0.4) is 0 Å². The van der Waals surface area contributed by atoms with E-state index in [0.29, 0.717) is 23.5 Å². The first-order valence-electron chi connectivity index (χ1n) is 7.10. The maximum atomic E-state index is 12.3. The van der Waals surface area contributed by atoms with Gasteiger partial charge in [0.25, 0.3) is 0 Å². The van der Waals surface area contributed by atoms with Crippen LogP contribution >= 0.6 is 11.3 Å². The first kappa shape index (κ1) is 13.8. The van der Waals surface area contributed by atoms with E-state index in [1.807, 2.05) is 0 Å². The summed E-state index contributed by atoms with van der Waals surface area (Å²) in [6, 6.07) is 4.30. The minimum absolute atomic E-state index is 0.324. The lowest BCUT2D eigenvalue weighted by atomic mass is 9.71. The quantitative estimate of drug-likeness (QED) is 0.774. The molecule has 0 N–H and O–H groups in total. The molecular formula is C16H24OS. The van der Waals surface area contributed by atoms with E-state index in [4.69, 9.17) is 0 Å². The van der Waals surface area contributed by atoms with Crippen LogP contribution < -0.4 is 0 Å². The third-order valence-electron chi connectivity index (χ3n) is 4.21. The number of ketones is 1. The maximum Gasteiger partial charge on any atom is 0.141 e. The lowest BCUT2D eigenvalue weighted by Gasteiger charge is -2.33. The van der Waals surface area contributed by atoms with Gasteiger partial charge in [-0.1, -0.05) is 20.8 Å². The summed E-state index contributed by atoms with van der Waals surface area (Å²) in [4.78, 5) is 14.9. The van der Waals surface area contributed by atoms with Crippen molar-refractivity contribution >= 4 is 17.1 Å². The molecule has 0 atom stereocenters. The zero-order valence-corrected chi connectivity index (χ0v) is 12.6. The SMILES string of the molecule is CCc1ccc(CC(=O)C2CCC(C)(C)CC2)s1. The molecular weight excluding hydrogens is 240 g/mol. The van der Waals surface area contributed by atoms with Gasteiger partial charge in [0, 0.05) is 22.1 Å². The Kier molecular flexibility index (Phi) is 4.26. The zero-order valence-electron chi connectivity index (χ0n) is 11.8. The Morgan fingerprint density at radius 3 is 2.44 bits per heavy atom. The molecule has 1 aromatic rings. The molecule has 0 spiro atoms. The molecule has 2 rings (SSSR count). The van der Waals surface area contributed by atoms with Crippen molar-refractivity contribution in [2.24, 2.45) is 11.3 Å². The molecule has 18 heavy (non-hydrogen) atoms. The van der Waals surface area contributed by atoms with Crippen molar-refractivity contribution in [1.82, 2.24) is 0 Å². The number of carbonyl (C=O) groups is 1. The van der Waals surface area contributed by atoms with Crippen molar-refractivity contribution in [2.45, 2.75) is 59.3 Å². The fourth-order valence-electron chi connectivity index (χ4n) is 2.74. The Hall–Kier alpha value is -0.630. The molecule has 1 nitrogen and oxygen atoms in total. The minimum atomic E-state index is 0.324. The van der Waals surface area contributed by atoms with Gasteiger partial charge in [0.15, 0.2) is 0 Å². The van der Waals surface area contributed by atoms with Gasteiger partial charge in [-0.05, 0) is 49.7 Å². The van der Waals surface area contributed by atoms with Gasteiger partial charge in [-0.2, -0.15) is 0 Å². The van der Waals surface area contributed by atoms with Gasteiger partial charge in [-0.3, -0.25) is 4.79 Å². The lowest BCUT2D eigenvalue weighted by molar-refractivity contribution is -0.123. The van der Waals surface area contributed by atoms with Crippen molar-refractivity contribution in [2.75, 3.05) is 0 Å². The molecule has 1 fully saturated rings. The lowest BCUT2D eigenvalue weighted by Crippen LogP contribution is -2.27. The number of Topliss-reactive ketones (excluding diaryl/α,β-unsaturated/α-hetero) is 1. The number of aryl methyl sites for hydroxylation is 1. The molecule has 1 saturated carbocycles. The van der Waals surface area contributed by atoms with Crippen LogP contribution in [0.2, 0.25) is 0 Å². The molecule has 0 bridgehead atoms. The van der Waals surface area contributed by atoms with E-state index < -0.39 is 0 Å². The van der Waals surface area contributed by atoms with Gasteiger partial charge in [0.1, 0.15) is 5.78 Å². The summed E-state index contributed by atoms with van der Waals surface area (Å²) >= 11 is 1.80. The molecule has 0 aromatic carbocycles. The molecule has 0 unspecified atom stereocenters. The third-order valence-corrected chi connectivity index (χ3v) is 5.44. The van der Waals surface area contributed by atoms with E-state index in [1.165, 1.54) is 22.6 Å². The van der Waals surface area contributed by atoms with E-state index in [0.717, 1.165) is 19.3 Å². The molecule has 0 aliphatic heterocycles. The predicted octanol–water partition coefficient (Wildman–Crippen LogP) is 4.64. The first-order chi connectivity index (χ1) is 8.50. The molecule has 1 aliphatic carbocycles. The molecule has 1 aliphatic rings. The molecule has 1 heterocycles. The molecule has 0 radical (unpaired) electrons. The Labute approximate surface area is 115 Å².